The van der Waals surface area contributed by atoms with Crippen LogP contribution in [0.25, 0.3) is 0 Å². The Labute approximate surface area is 93.6 Å². The molecule has 1 aliphatic rings. The van der Waals surface area contributed by atoms with Gasteiger partial charge in [-0.1, -0.05) is 34.1 Å². The number of aromatic amines is 1. The lowest BCUT2D eigenvalue weighted by atomic mass is 9.98. The molecule has 2 nitrogen and oxygen atoms in total. The second-order valence-electron chi connectivity index (χ2n) is 5.76. The molecule has 1 N–H and O–H groups in total. The maximum absolute atomic E-state index is 4.12. The van der Waals surface area contributed by atoms with Gasteiger partial charge in [-0.15, -0.1) is 0 Å². The van der Waals surface area contributed by atoms with Crippen LogP contribution < -0.4 is 5.44 Å². The summed E-state index contributed by atoms with van der Waals surface area (Å²) in [5.74, 6) is 0. The molecule has 0 saturated carbocycles. The lowest BCUT2D eigenvalue weighted by Crippen LogP contribution is -2.39. The highest BCUT2D eigenvalue weighted by Crippen LogP contribution is 2.64. The Morgan fingerprint density at radius 2 is 1.80 bits per heavy atom. The van der Waals surface area contributed by atoms with E-state index in [1.54, 1.807) is 0 Å². The van der Waals surface area contributed by atoms with Crippen LogP contribution in [0.3, 0.4) is 0 Å². The van der Waals surface area contributed by atoms with Crippen molar-refractivity contribution in [3.05, 3.63) is 12.3 Å². The van der Waals surface area contributed by atoms with Gasteiger partial charge in [0.2, 0.25) is 0 Å². The maximum Gasteiger partial charge on any atom is 0.0590 e. The molecule has 0 aromatic carbocycles. The van der Waals surface area contributed by atoms with E-state index in [1.165, 1.54) is 24.7 Å². The molecular formula is C12H21N2P. The fourth-order valence-electron chi connectivity index (χ4n) is 3.02. The molecule has 0 radical (unpaired) electrons. The second-order valence-corrected chi connectivity index (χ2v) is 9.33. The quantitative estimate of drug-likeness (QED) is 0.729. The third-order valence-electron chi connectivity index (χ3n) is 3.51. The number of hydrogen-bond donors (Lipinski definition) is 1. The lowest BCUT2D eigenvalue weighted by molar-refractivity contribution is 0.470. The normalized spacial score (nSPS) is 25.3. The molecule has 0 aliphatic carbocycles. The first-order chi connectivity index (χ1) is 6.93. The van der Waals surface area contributed by atoms with Gasteiger partial charge in [-0.2, -0.15) is 5.10 Å². The van der Waals surface area contributed by atoms with Crippen LogP contribution in [-0.2, 0) is 0 Å². The predicted octanol–water partition coefficient (Wildman–Crippen LogP) is 3.26. The van der Waals surface area contributed by atoms with E-state index in [0.29, 0.717) is 10.3 Å². The Morgan fingerprint density at radius 3 is 2.27 bits per heavy atom. The van der Waals surface area contributed by atoms with E-state index in [-0.39, 0.29) is 7.92 Å². The second kappa shape index (κ2) is 3.59. The summed E-state index contributed by atoms with van der Waals surface area (Å²) in [6.07, 6.45) is 5.95. The Kier molecular flexibility index (Phi) is 2.66. The van der Waals surface area contributed by atoms with E-state index in [2.05, 4.69) is 44.0 Å². The monoisotopic (exact) mass is 224 g/mol. The highest BCUT2D eigenvalue weighted by Gasteiger charge is 2.44. The van der Waals surface area contributed by atoms with E-state index in [9.17, 15) is 0 Å². The first-order valence-electron chi connectivity index (χ1n) is 5.73. The van der Waals surface area contributed by atoms with Crippen LogP contribution in [0, 0.1) is 0 Å². The zero-order valence-electron chi connectivity index (χ0n) is 10.2. The van der Waals surface area contributed by atoms with Gasteiger partial charge in [0.05, 0.1) is 5.44 Å². The van der Waals surface area contributed by atoms with Crippen molar-refractivity contribution < 1.29 is 0 Å². The van der Waals surface area contributed by atoms with Crippen molar-refractivity contribution in [2.45, 2.75) is 57.3 Å². The van der Waals surface area contributed by atoms with Crippen LogP contribution >= 0.6 is 7.92 Å². The first-order valence-corrected chi connectivity index (χ1v) is 7.07. The third kappa shape index (κ3) is 1.97. The van der Waals surface area contributed by atoms with Crippen molar-refractivity contribution in [1.29, 1.82) is 0 Å². The topological polar surface area (TPSA) is 28.7 Å². The van der Waals surface area contributed by atoms with E-state index >= 15 is 0 Å². The van der Waals surface area contributed by atoms with Gasteiger partial charge in [-0.3, -0.25) is 5.10 Å². The Hall–Kier alpha value is -0.360. The fourth-order valence-corrected chi connectivity index (χ4v) is 7.10. The highest BCUT2D eigenvalue weighted by atomic mass is 31.1. The standard InChI is InChI=1S/C12H21N2P/c1-11(2)7-5-8-12(3,4)15(11)10-6-9-13-14-10/h6,9H,5,7-8H2,1-4H3,(H,13,14). The number of H-pyrrole nitrogens is 1. The average molecular weight is 224 g/mol. The molecule has 1 saturated heterocycles. The van der Waals surface area contributed by atoms with Crippen LogP contribution in [0.15, 0.2) is 12.3 Å². The zero-order valence-corrected chi connectivity index (χ0v) is 11.1. The molecule has 84 valence electrons. The largest absolute Gasteiger partial charge is 0.278 e. The molecule has 1 fully saturated rings. The zero-order chi connectivity index (χ0) is 11.1. The van der Waals surface area contributed by atoms with Gasteiger partial charge in [0.25, 0.3) is 0 Å². The van der Waals surface area contributed by atoms with E-state index < -0.39 is 0 Å². The number of hydrogen-bond acceptors (Lipinski definition) is 1. The molecule has 3 heteroatoms. The smallest absolute Gasteiger partial charge is 0.0590 e. The van der Waals surface area contributed by atoms with Gasteiger partial charge in [0.1, 0.15) is 0 Å². The average Bonchev–Trinajstić information content (AvgIpc) is 2.53. The summed E-state index contributed by atoms with van der Waals surface area (Å²) < 4.78 is 0. The summed E-state index contributed by atoms with van der Waals surface area (Å²) in [6.45, 7) is 9.67. The highest BCUT2D eigenvalue weighted by molar-refractivity contribution is 7.68. The summed E-state index contributed by atoms with van der Waals surface area (Å²) in [6, 6.07) is 2.17. The number of nitrogens with zero attached hydrogens (tertiary/aromatic N) is 1. The van der Waals surface area contributed by atoms with Crippen LogP contribution in [0.2, 0.25) is 0 Å². The Balaban J connectivity index is 2.39. The third-order valence-corrected chi connectivity index (χ3v) is 7.11. The van der Waals surface area contributed by atoms with Gasteiger partial charge < -0.3 is 0 Å². The minimum atomic E-state index is -0.134. The molecular weight excluding hydrogens is 203 g/mol. The van der Waals surface area contributed by atoms with Crippen molar-refractivity contribution in [1.82, 2.24) is 10.2 Å². The number of aromatic nitrogens is 2. The summed E-state index contributed by atoms with van der Waals surface area (Å²) in [4.78, 5) is 0. The lowest BCUT2D eigenvalue weighted by Gasteiger charge is -2.49. The minimum Gasteiger partial charge on any atom is -0.278 e. The van der Waals surface area contributed by atoms with Gasteiger partial charge in [-0.05, 0) is 37.1 Å². The molecule has 1 aromatic rings. The summed E-state index contributed by atoms with van der Waals surface area (Å²) in [5.41, 5.74) is 1.37. The van der Waals surface area contributed by atoms with Crippen molar-refractivity contribution in [2.75, 3.05) is 0 Å². The Bertz CT molecular complexity index is 311. The number of nitrogens with one attached hydrogen (secondary N) is 1. The van der Waals surface area contributed by atoms with Gasteiger partial charge in [0.15, 0.2) is 0 Å². The molecule has 2 rings (SSSR count). The Morgan fingerprint density at radius 1 is 1.20 bits per heavy atom. The molecule has 0 spiro atoms. The van der Waals surface area contributed by atoms with Gasteiger partial charge in [-0.25, -0.2) is 0 Å². The molecule has 0 atom stereocenters. The molecule has 1 aromatic heterocycles. The minimum absolute atomic E-state index is 0.134. The molecule has 0 amide bonds. The van der Waals surface area contributed by atoms with Crippen LogP contribution in [0.5, 0.6) is 0 Å². The van der Waals surface area contributed by atoms with E-state index in [1.807, 2.05) is 6.20 Å². The fraction of sp³-hybridized carbons (Fsp3) is 0.750. The van der Waals surface area contributed by atoms with Crippen LogP contribution in [0.1, 0.15) is 47.0 Å². The van der Waals surface area contributed by atoms with Gasteiger partial charge >= 0.3 is 0 Å². The van der Waals surface area contributed by atoms with Gasteiger partial charge in [0, 0.05) is 6.20 Å². The van der Waals surface area contributed by atoms with Crippen molar-refractivity contribution in [3.63, 3.8) is 0 Å². The van der Waals surface area contributed by atoms with E-state index in [0.717, 1.165) is 0 Å². The molecule has 0 unspecified atom stereocenters. The van der Waals surface area contributed by atoms with Crippen molar-refractivity contribution >= 4 is 13.4 Å². The van der Waals surface area contributed by atoms with Crippen LogP contribution in [-0.4, -0.2) is 20.5 Å². The summed E-state index contributed by atoms with van der Waals surface area (Å²) in [5, 5.41) is 8.21. The SMILES string of the molecule is CC1(C)CCCC(C)(C)P1c1ccn[nH]1. The molecule has 0 bridgehead atoms. The predicted molar refractivity (Wildman–Crippen MR) is 67.2 cm³/mol. The summed E-state index contributed by atoms with van der Waals surface area (Å²) >= 11 is 0. The van der Waals surface area contributed by atoms with Crippen LogP contribution in [0.4, 0.5) is 0 Å². The summed E-state index contributed by atoms with van der Waals surface area (Å²) in [7, 11) is -0.134. The van der Waals surface area contributed by atoms with Crippen molar-refractivity contribution in [3.8, 4) is 0 Å². The number of rotatable bonds is 1. The molecule has 2 heterocycles. The van der Waals surface area contributed by atoms with Crippen molar-refractivity contribution in [2.24, 2.45) is 0 Å². The maximum atomic E-state index is 4.12. The van der Waals surface area contributed by atoms with E-state index in [4.69, 9.17) is 0 Å². The first kappa shape index (κ1) is 11.1. The molecule has 15 heavy (non-hydrogen) atoms. The molecule has 1 aliphatic heterocycles.